The lowest BCUT2D eigenvalue weighted by Crippen LogP contribution is -2.51. The molecule has 2 atom stereocenters. The maximum atomic E-state index is 13.9. The van der Waals surface area contributed by atoms with Crippen molar-refractivity contribution in [3.63, 3.8) is 0 Å². The van der Waals surface area contributed by atoms with Gasteiger partial charge in [0.1, 0.15) is 17.4 Å². The summed E-state index contributed by atoms with van der Waals surface area (Å²) < 4.78 is 32.4. The van der Waals surface area contributed by atoms with E-state index in [1.54, 1.807) is 31.2 Å². The number of carbonyl (C=O) groups is 2. The Bertz CT molecular complexity index is 875. The second kappa shape index (κ2) is 7.71. The number of hydrogen-bond donors (Lipinski definition) is 2. The summed E-state index contributed by atoms with van der Waals surface area (Å²) in [4.78, 5) is 25.6. The molecule has 0 saturated heterocycles. The molecule has 0 spiro atoms. The van der Waals surface area contributed by atoms with E-state index < -0.39 is 29.7 Å². The summed E-state index contributed by atoms with van der Waals surface area (Å²) in [5, 5.41) is 2.92. The van der Waals surface area contributed by atoms with Crippen LogP contribution in [0.15, 0.2) is 42.5 Å². The maximum absolute atomic E-state index is 13.9. The van der Waals surface area contributed by atoms with Crippen molar-refractivity contribution in [2.24, 2.45) is 5.73 Å². The van der Waals surface area contributed by atoms with Gasteiger partial charge in [-0.25, -0.2) is 8.78 Å². The molecule has 142 valence electrons. The number of nitrogens with zero attached hydrogens (tertiary/aromatic N) is 1. The van der Waals surface area contributed by atoms with Crippen LogP contribution in [0.2, 0.25) is 0 Å². The molecule has 1 aliphatic heterocycles. The van der Waals surface area contributed by atoms with Crippen LogP contribution in [0.1, 0.15) is 18.5 Å². The molecule has 0 radical (unpaired) electrons. The van der Waals surface area contributed by atoms with Gasteiger partial charge in [-0.3, -0.25) is 9.59 Å². The summed E-state index contributed by atoms with van der Waals surface area (Å²) in [6, 6.07) is 9.60. The number of nitrogens with two attached hydrogens (primary N) is 1. The van der Waals surface area contributed by atoms with Crippen molar-refractivity contribution < 1.29 is 23.1 Å². The smallest absolute Gasteiger partial charge is 0.260 e. The predicted octanol–water partition coefficient (Wildman–Crippen LogP) is 1.89. The fourth-order valence-electron chi connectivity index (χ4n) is 2.92. The molecule has 2 amide bonds. The summed E-state index contributed by atoms with van der Waals surface area (Å²) >= 11 is 0. The molecule has 0 aromatic heterocycles. The number of halogens is 2. The number of para-hydroxylation sites is 2. The average Bonchev–Trinajstić information content (AvgIpc) is 2.64. The second-order valence-electron chi connectivity index (χ2n) is 6.25. The van der Waals surface area contributed by atoms with Crippen LogP contribution < -0.4 is 20.7 Å². The molecule has 0 fully saturated rings. The highest BCUT2D eigenvalue weighted by Crippen LogP contribution is 2.33. The first-order valence-electron chi connectivity index (χ1n) is 8.40. The third-order valence-corrected chi connectivity index (χ3v) is 4.38. The Hall–Kier alpha value is -3.00. The highest BCUT2D eigenvalue weighted by molar-refractivity contribution is 5.98. The zero-order chi connectivity index (χ0) is 19.6. The molecule has 2 aromatic rings. The first kappa shape index (κ1) is 18.8. The number of hydrogen-bond acceptors (Lipinski definition) is 4. The fourth-order valence-corrected chi connectivity index (χ4v) is 2.92. The van der Waals surface area contributed by atoms with E-state index in [4.69, 9.17) is 10.5 Å². The number of anilines is 1. The van der Waals surface area contributed by atoms with Crippen LogP contribution >= 0.6 is 0 Å². The van der Waals surface area contributed by atoms with Gasteiger partial charge in [0.05, 0.1) is 18.8 Å². The third-order valence-electron chi connectivity index (χ3n) is 4.38. The van der Waals surface area contributed by atoms with E-state index in [1.807, 2.05) is 0 Å². The Kier molecular flexibility index (Phi) is 5.36. The van der Waals surface area contributed by atoms with Crippen LogP contribution in [0.5, 0.6) is 5.75 Å². The topological polar surface area (TPSA) is 84.7 Å². The monoisotopic (exact) mass is 375 g/mol. The Morgan fingerprint density at radius 2 is 2.04 bits per heavy atom. The van der Waals surface area contributed by atoms with Gasteiger partial charge in [-0.2, -0.15) is 0 Å². The second-order valence-corrected chi connectivity index (χ2v) is 6.25. The van der Waals surface area contributed by atoms with Crippen LogP contribution in [-0.4, -0.2) is 31.0 Å². The van der Waals surface area contributed by atoms with E-state index in [0.29, 0.717) is 11.4 Å². The molecule has 2 aromatic carbocycles. The van der Waals surface area contributed by atoms with E-state index in [2.05, 4.69) is 5.32 Å². The van der Waals surface area contributed by atoms with Crippen LogP contribution in [-0.2, 0) is 9.59 Å². The van der Waals surface area contributed by atoms with E-state index >= 15 is 0 Å². The van der Waals surface area contributed by atoms with Crippen molar-refractivity contribution in [3.05, 3.63) is 59.7 Å². The Balaban J connectivity index is 1.72. The number of primary amides is 1. The van der Waals surface area contributed by atoms with Crippen molar-refractivity contribution in [3.8, 4) is 5.75 Å². The van der Waals surface area contributed by atoms with Gasteiger partial charge in [0.25, 0.3) is 5.91 Å². The molecule has 3 N–H and O–H groups in total. The predicted molar refractivity (Wildman–Crippen MR) is 95.2 cm³/mol. The number of benzene rings is 2. The first-order valence-corrected chi connectivity index (χ1v) is 8.40. The lowest BCUT2D eigenvalue weighted by Gasteiger charge is -2.33. The minimum Gasteiger partial charge on any atom is -0.477 e. The SMILES string of the molecule is CC(NCC(=O)N1CC(C(N)=O)Oc2ccccc21)c1ccc(F)cc1F. The fraction of sp³-hybridized carbons (Fsp3) is 0.263. The molecule has 8 heteroatoms. The summed E-state index contributed by atoms with van der Waals surface area (Å²) in [5.41, 5.74) is 6.11. The standard InChI is InChI=1S/C19H19F2N3O3/c1-11(13-7-6-12(20)8-14(13)21)23-9-18(25)24-10-17(19(22)26)27-16-5-3-2-4-15(16)24/h2-8,11,17,23H,9-10H2,1H3,(H2,22,26). The van der Waals surface area contributed by atoms with Crippen molar-refractivity contribution in [1.82, 2.24) is 5.32 Å². The Labute approximate surface area is 154 Å². The summed E-state index contributed by atoms with van der Waals surface area (Å²) in [5.74, 6) is -1.96. The van der Waals surface area contributed by atoms with Crippen molar-refractivity contribution in [2.75, 3.05) is 18.0 Å². The number of nitrogens with one attached hydrogen (secondary N) is 1. The van der Waals surface area contributed by atoms with E-state index in [-0.39, 0.29) is 24.6 Å². The molecular formula is C19H19F2N3O3. The summed E-state index contributed by atoms with van der Waals surface area (Å²) in [6.07, 6.45) is -0.948. The van der Waals surface area contributed by atoms with Gasteiger partial charge in [0.15, 0.2) is 6.10 Å². The molecule has 0 aliphatic carbocycles. The van der Waals surface area contributed by atoms with Gasteiger partial charge in [0.2, 0.25) is 5.91 Å². The van der Waals surface area contributed by atoms with Crippen molar-refractivity contribution >= 4 is 17.5 Å². The van der Waals surface area contributed by atoms with Crippen molar-refractivity contribution in [1.29, 1.82) is 0 Å². The van der Waals surface area contributed by atoms with Crippen LogP contribution in [0.4, 0.5) is 14.5 Å². The number of ether oxygens (including phenoxy) is 1. The molecular weight excluding hydrogens is 356 g/mol. The van der Waals surface area contributed by atoms with Gasteiger partial charge in [-0.05, 0) is 25.1 Å². The quantitative estimate of drug-likeness (QED) is 0.836. The number of fused-ring (bicyclic) bond motifs is 1. The van der Waals surface area contributed by atoms with E-state index in [1.165, 1.54) is 11.0 Å². The van der Waals surface area contributed by atoms with Crippen LogP contribution in [0.25, 0.3) is 0 Å². The van der Waals surface area contributed by atoms with Gasteiger partial charge in [-0.1, -0.05) is 18.2 Å². The molecule has 1 heterocycles. The Morgan fingerprint density at radius 3 is 2.74 bits per heavy atom. The van der Waals surface area contributed by atoms with Gasteiger partial charge >= 0.3 is 0 Å². The maximum Gasteiger partial charge on any atom is 0.260 e. The highest BCUT2D eigenvalue weighted by atomic mass is 19.1. The van der Waals surface area contributed by atoms with Gasteiger partial charge in [-0.15, -0.1) is 0 Å². The Morgan fingerprint density at radius 1 is 1.30 bits per heavy atom. The summed E-state index contributed by atoms with van der Waals surface area (Å²) in [6.45, 7) is 1.55. The first-order chi connectivity index (χ1) is 12.9. The zero-order valence-corrected chi connectivity index (χ0v) is 14.6. The molecule has 2 unspecified atom stereocenters. The lowest BCUT2D eigenvalue weighted by molar-refractivity contribution is -0.125. The number of carbonyl (C=O) groups excluding carboxylic acids is 2. The van der Waals surface area contributed by atoms with Crippen LogP contribution in [0, 0.1) is 11.6 Å². The van der Waals surface area contributed by atoms with Gasteiger partial charge in [0, 0.05) is 17.7 Å². The molecule has 0 bridgehead atoms. The zero-order valence-electron chi connectivity index (χ0n) is 14.6. The highest BCUT2D eigenvalue weighted by Gasteiger charge is 2.32. The molecule has 0 saturated carbocycles. The molecule has 6 nitrogen and oxygen atoms in total. The number of amides is 2. The largest absolute Gasteiger partial charge is 0.477 e. The minimum atomic E-state index is -0.948. The van der Waals surface area contributed by atoms with E-state index in [9.17, 15) is 18.4 Å². The van der Waals surface area contributed by atoms with Gasteiger partial charge < -0.3 is 20.7 Å². The molecule has 3 rings (SSSR count). The summed E-state index contributed by atoms with van der Waals surface area (Å²) in [7, 11) is 0. The third kappa shape index (κ3) is 4.06. The minimum absolute atomic E-state index is 0.00779. The average molecular weight is 375 g/mol. The van der Waals surface area contributed by atoms with E-state index in [0.717, 1.165) is 12.1 Å². The molecule has 27 heavy (non-hydrogen) atoms. The normalized spacial score (nSPS) is 17.0. The number of rotatable bonds is 5. The lowest BCUT2D eigenvalue weighted by atomic mass is 10.1. The van der Waals surface area contributed by atoms with Crippen LogP contribution in [0.3, 0.4) is 0 Å². The molecule has 1 aliphatic rings. The van der Waals surface area contributed by atoms with Crippen molar-refractivity contribution in [2.45, 2.75) is 19.1 Å².